The Labute approximate surface area is 87.9 Å². The SMILES string of the molecule is C[N+](C)(C)C.S=CSSC=S. The third-order valence-electron chi connectivity index (χ3n) is 0.134. The smallest absolute Gasteiger partial charge is 0.0675 e. The Hall–Kier alpha value is 0.840. The van der Waals surface area contributed by atoms with Gasteiger partial charge in [-0.05, 0) is 21.6 Å². The first-order valence-corrected chi connectivity index (χ1v) is 6.12. The minimum Gasteiger partial charge on any atom is -0.333 e. The van der Waals surface area contributed by atoms with Crippen molar-refractivity contribution in [2.75, 3.05) is 28.2 Å². The molecule has 0 heterocycles. The van der Waals surface area contributed by atoms with E-state index in [0.717, 1.165) is 4.48 Å². The number of thiocarbonyl (C=S) groups is 2. The number of quaternary nitrogens is 1. The third kappa shape index (κ3) is 57.4. The predicted octanol–water partition coefficient (Wildman–Crippen LogP) is 2.60. The average molecular weight is 228 g/mol. The van der Waals surface area contributed by atoms with Crippen LogP contribution in [0.15, 0.2) is 0 Å². The van der Waals surface area contributed by atoms with Crippen molar-refractivity contribution in [2.24, 2.45) is 0 Å². The van der Waals surface area contributed by atoms with Gasteiger partial charge >= 0.3 is 0 Å². The molecule has 0 unspecified atom stereocenters. The molecule has 0 rings (SSSR count). The van der Waals surface area contributed by atoms with Gasteiger partial charge in [-0.3, -0.25) is 0 Å². The van der Waals surface area contributed by atoms with E-state index in [9.17, 15) is 0 Å². The molecule has 0 aromatic heterocycles. The first kappa shape index (κ1) is 14.4. The zero-order valence-electron chi connectivity index (χ0n) is 7.23. The van der Waals surface area contributed by atoms with Gasteiger partial charge < -0.3 is 4.48 Å². The fourth-order valence-corrected chi connectivity index (χ4v) is 1.22. The van der Waals surface area contributed by atoms with Gasteiger partial charge in [0.1, 0.15) is 0 Å². The lowest BCUT2D eigenvalue weighted by Gasteiger charge is -2.14. The molecule has 1 nitrogen and oxygen atoms in total. The van der Waals surface area contributed by atoms with Gasteiger partial charge in [-0.2, -0.15) is 0 Å². The highest BCUT2D eigenvalue weighted by atomic mass is 33.1. The van der Waals surface area contributed by atoms with Crippen molar-refractivity contribution in [1.29, 1.82) is 0 Å². The van der Waals surface area contributed by atoms with Crippen LogP contribution in [0.25, 0.3) is 0 Å². The second-order valence-electron chi connectivity index (χ2n) is 3.07. The fraction of sp³-hybridized carbons (Fsp3) is 0.667. The van der Waals surface area contributed by atoms with Crippen molar-refractivity contribution in [1.82, 2.24) is 0 Å². The quantitative estimate of drug-likeness (QED) is 0.315. The van der Waals surface area contributed by atoms with Crippen LogP contribution < -0.4 is 0 Å². The summed E-state index contributed by atoms with van der Waals surface area (Å²) in [5.41, 5.74) is 0. The van der Waals surface area contributed by atoms with Crippen LogP contribution >= 0.6 is 46.0 Å². The molecule has 0 aliphatic carbocycles. The Balaban J connectivity index is 0. The molecule has 0 fully saturated rings. The highest BCUT2D eigenvalue weighted by Gasteiger charge is 1.88. The Morgan fingerprint density at radius 2 is 1.09 bits per heavy atom. The maximum Gasteiger partial charge on any atom is 0.0675 e. The third-order valence-corrected chi connectivity index (χ3v) is 2.62. The van der Waals surface area contributed by atoms with Crippen LogP contribution in [-0.2, 0) is 0 Å². The fourth-order valence-electron chi connectivity index (χ4n) is 0.0454. The largest absolute Gasteiger partial charge is 0.333 e. The Bertz CT molecular complexity index is 93.6. The number of hydrogen-bond acceptors (Lipinski definition) is 4. The lowest BCUT2D eigenvalue weighted by atomic mass is 10.8. The summed E-state index contributed by atoms with van der Waals surface area (Å²) in [4.78, 5) is 0. The van der Waals surface area contributed by atoms with Crippen LogP contribution in [0.5, 0.6) is 0 Å². The van der Waals surface area contributed by atoms with Crippen molar-refractivity contribution in [3.63, 3.8) is 0 Å². The molecule has 66 valence electrons. The lowest BCUT2D eigenvalue weighted by Crippen LogP contribution is -2.27. The molecule has 0 saturated heterocycles. The van der Waals surface area contributed by atoms with Gasteiger partial charge in [0.05, 0.1) is 28.2 Å². The van der Waals surface area contributed by atoms with Gasteiger partial charge in [0.15, 0.2) is 0 Å². The van der Waals surface area contributed by atoms with E-state index in [1.807, 2.05) is 0 Å². The van der Waals surface area contributed by atoms with E-state index in [1.54, 1.807) is 9.40 Å². The molecule has 0 atom stereocenters. The van der Waals surface area contributed by atoms with Crippen LogP contribution in [-0.4, -0.2) is 42.1 Å². The molecule has 5 heteroatoms. The maximum atomic E-state index is 4.47. The zero-order chi connectivity index (χ0) is 9.33. The molecule has 0 aromatic carbocycles. The lowest BCUT2D eigenvalue weighted by molar-refractivity contribution is -0.849. The second kappa shape index (κ2) is 8.93. The average Bonchev–Trinajstić information content (AvgIpc) is 1.79. The van der Waals surface area contributed by atoms with E-state index in [4.69, 9.17) is 0 Å². The van der Waals surface area contributed by atoms with E-state index in [1.165, 1.54) is 21.6 Å². The molecule has 0 aliphatic rings. The van der Waals surface area contributed by atoms with Crippen molar-refractivity contribution in [3.05, 3.63) is 0 Å². The molecule has 0 amide bonds. The normalized spacial score (nSPS) is 9.45. The zero-order valence-corrected chi connectivity index (χ0v) is 10.5. The molecule has 0 aromatic rings. The summed E-state index contributed by atoms with van der Waals surface area (Å²) in [6.45, 7) is 0. The molecular weight excluding hydrogens is 214 g/mol. The van der Waals surface area contributed by atoms with Crippen molar-refractivity contribution in [3.8, 4) is 0 Å². The van der Waals surface area contributed by atoms with Gasteiger partial charge in [-0.1, -0.05) is 24.4 Å². The summed E-state index contributed by atoms with van der Waals surface area (Å²) in [5, 5.41) is 0. The Kier molecular flexibility index (Phi) is 11.7. The number of nitrogens with zero attached hydrogens (tertiary/aromatic N) is 1. The first-order chi connectivity index (χ1) is 4.91. The minimum absolute atomic E-state index is 1.00. The van der Waals surface area contributed by atoms with E-state index in [-0.39, 0.29) is 0 Å². The summed E-state index contributed by atoms with van der Waals surface area (Å²) in [6, 6.07) is 0. The summed E-state index contributed by atoms with van der Waals surface area (Å²) in [7, 11) is 11.4. The van der Waals surface area contributed by atoms with E-state index in [0.29, 0.717) is 0 Å². The van der Waals surface area contributed by atoms with Crippen molar-refractivity contribution in [2.45, 2.75) is 0 Å². The first-order valence-electron chi connectivity index (χ1n) is 2.90. The van der Waals surface area contributed by atoms with Crippen LogP contribution in [0.1, 0.15) is 0 Å². The van der Waals surface area contributed by atoms with Gasteiger partial charge in [0, 0.05) is 9.40 Å². The Morgan fingerprint density at radius 3 is 1.18 bits per heavy atom. The molecular formula is C6H14NS4+. The molecule has 0 radical (unpaired) electrons. The highest BCUT2D eigenvalue weighted by molar-refractivity contribution is 8.88. The van der Waals surface area contributed by atoms with Crippen LogP contribution in [0, 0.1) is 0 Å². The topological polar surface area (TPSA) is 0 Å². The monoisotopic (exact) mass is 228 g/mol. The second-order valence-corrected chi connectivity index (χ2v) is 6.15. The predicted molar refractivity (Wildman–Crippen MR) is 66.4 cm³/mol. The van der Waals surface area contributed by atoms with Gasteiger partial charge in [-0.15, -0.1) is 0 Å². The molecule has 11 heavy (non-hydrogen) atoms. The molecule has 0 saturated carbocycles. The van der Waals surface area contributed by atoms with E-state index >= 15 is 0 Å². The summed E-state index contributed by atoms with van der Waals surface area (Å²) in [6.07, 6.45) is 0. The van der Waals surface area contributed by atoms with Crippen LogP contribution in [0.2, 0.25) is 0 Å². The Morgan fingerprint density at radius 1 is 0.909 bits per heavy atom. The maximum absolute atomic E-state index is 4.47. The number of hydrogen-bond donors (Lipinski definition) is 0. The summed E-state index contributed by atoms with van der Waals surface area (Å²) < 4.78 is 4.15. The highest BCUT2D eigenvalue weighted by Crippen LogP contribution is 2.13. The van der Waals surface area contributed by atoms with E-state index < -0.39 is 0 Å². The van der Waals surface area contributed by atoms with Crippen molar-refractivity contribution >= 4 is 55.4 Å². The summed E-state index contributed by atoms with van der Waals surface area (Å²) >= 11 is 8.94. The minimum atomic E-state index is 1.00. The number of rotatable bonds is 3. The van der Waals surface area contributed by atoms with Gasteiger partial charge in [-0.25, -0.2) is 0 Å². The van der Waals surface area contributed by atoms with Crippen LogP contribution in [0.4, 0.5) is 0 Å². The molecule has 0 bridgehead atoms. The molecule has 0 N–H and O–H groups in total. The standard InChI is InChI=1S/C4H12N.C2H2S4/c1-5(2,3)4;3-1-5-6-2-4/h1-4H3;1-2H/q+1;. The molecule has 0 aliphatic heterocycles. The van der Waals surface area contributed by atoms with E-state index in [2.05, 4.69) is 52.6 Å². The summed E-state index contributed by atoms with van der Waals surface area (Å²) in [5.74, 6) is 0. The van der Waals surface area contributed by atoms with Gasteiger partial charge in [0.2, 0.25) is 0 Å². The van der Waals surface area contributed by atoms with Crippen molar-refractivity contribution < 1.29 is 4.48 Å². The van der Waals surface area contributed by atoms with Gasteiger partial charge in [0.25, 0.3) is 0 Å². The van der Waals surface area contributed by atoms with Crippen LogP contribution in [0.3, 0.4) is 0 Å². The molecule has 0 spiro atoms.